The zero-order valence-corrected chi connectivity index (χ0v) is 18.5. The summed E-state index contributed by atoms with van der Waals surface area (Å²) < 4.78 is 46.1. The number of methoxy groups -OCH3 is 4. The number of anilines is 1. The van der Waals surface area contributed by atoms with Crippen LogP contribution in [0.25, 0.3) is 0 Å². The molecule has 164 valence electrons. The Labute approximate surface area is 176 Å². The smallest absolute Gasteiger partial charge is 0.242 e. The Morgan fingerprint density at radius 3 is 2.23 bits per heavy atom. The molecule has 1 aromatic heterocycles. The van der Waals surface area contributed by atoms with E-state index < -0.39 is 15.9 Å². The predicted octanol–water partition coefficient (Wildman–Crippen LogP) is 2.43. The molecule has 0 atom stereocenters. The quantitative estimate of drug-likeness (QED) is 0.557. The zero-order valence-electron chi connectivity index (χ0n) is 17.7. The van der Waals surface area contributed by atoms with Gasteiger partial charge in [0.15, 0.2) is 11.5 Å². The molecule has 0 aliphatic rings. The molecule has 0 N–H and O–H groups in total. The van der Waals surface area contributed by atoms with E-state index in [1.165, 1.54) is 26.4 Å². The number of hydrogen-bond acceptors (Lipinski definition) is 8. The first-order chi connectivity index (χ1) is 14.2. The first kappa shape index (κ1) is 23.3. The van der Waals surface area contributed by atoms with Crippen molar-refractivity contribution in [2.45, 2.75) is 19.3 Å². The van der Waals surface area contributed by atoms with Crippen LogP contribution in [0.1, 0.15) is 18.4 Å². The van der Waals surface area contributed by atoms with E-state index in [4.69, 9.17) is 18.9 Å². The summed E-state index contributed by atoms with van der Waals surface area (Å²) in [4.78, 5) is 16.9. The number of aromatic nitrogens is 1. The summed E-state index contributed by atoms with van der Waals surface area (Å²) in [6.45, 7) is 0. The van der Waals surface area contributed by atoms with Gasteiger partial charge in [-0.25, -0.2) is 12.7 Å². The molecule has 0 aliphatic heterocycles. The van der Waals surface area contributed by atoms with Crippen LogP contribution in [0.3, 0.4) is 0 Å². The van der Waals surface area contributed by atoms with Gasteiger partial charge < -0.3 is 18.9 Å². The molecule has 2 rings (SSSR count). The van der Waals surface area contributed by atoms with E-state index in [0.717, 1.165) is 11.8 Å². The van der Waals surface area contributed by atoms with Gasteiger partial charge in [0, 0.05) is 12.5 Å². The van der Waals surface area contributed by atoms with Crippen molar-refractivity contribution in [2.75, 3.05) is 39.0 Å². The van der Waals surface area contributed by atoms with Gasteiger partial charge in [0.25, 0.3) is 0 Å². The van der Waals surface area contributed by atoms with Crippen LogP contribution in [-0.4, -0.2) is 54.0 Å². The van der Waals surface area contributed by atoms with E-state index in [0.29, 0.717) is 28.6 Å². The number of pyridine rings is 1. The Balaban J connectivity index is 2.18. The second-order valence-electron chi connectivity index (χ2n) is 6.35. The minimum Gasteiger partial charge on any atom is -0.493 e. The molecule has 0 saturated carbocycles. The van der Waals surface area contributed by atoms with Crippen molar-refractivity contribution in [1.82, 2.24) is 4.98 Å². The van der Waals surface area contributed by atoms with Crippen molar-refractivity contribution in [3.05, 3.63) is 35.9 Å². The Kier molecular flexibility index (Phi) is 7.87. The molecule has 30 heavy (non-hydrogen) atoms. The minimum atomic E-state index is -3.90. The van der Waals surface area contributed by atoms with Crippen molar-refractivity contribution in [1.29, 1.82) is 0 Å². The van der Waals surface area contributed by atoms with Crippen LogP contribution in [0.2, 0.25) is 0 Å². The molecule has 1 amide bonds. The van der Waals surface area contributed by atoms with Crippen molar-refractivity contribution < 1.29 is 32.2 Å². The fourth-order valence-electron chi connectivity index (χ4n) is 2.91. The molecule has 9 nitrogen and oxygen atoms in total. The molecule has 10 heteroatoms. The van der Waals surface area contributed by atoms with E-state index in [2.05, 4.69) is 4.98 Å². The molecule has 2 aromatic rings. The van der Waals surface area contributed by atoms with Gasteiger partial charge in [0.2, 0.25) is 27.7 Å². The standard InChI is InChI=1S/C20H26N2O7S/c1-26-16-11-9-14(13-17(16)27-2)7-6-8-19(23)22(30(5,24)25)15-10-12-18(28-3)21-20(15)29-4/h9-13H,6-8H2,1-5H3. The van der Waals surface area contributed by atoms with Gasteiger partial charge in [0.05, 0.1) is 34.7 Å². The molecule has 0 unspecified atom stereocenters. The second-order valence-corrected chi connectivity index (χ2v) is 8.18. The third-order valence-corrected chi connectivity index (χ3v) is 5.36. The highest BCUT2D eigenvalue weighted by Crippen LogP contribution is 2.31. The van der Waals surface area contributed by atoms with E-state index in [1.54, 1.807) is 20.3 Å². The normalized spacial score (nSPS) is 11.0. The average Bonchev–Trinajstić information content (AvgIpc) is 2.72. The van der Waals surface area contributed by atoms with Crippen LogP contribution in [0.4, 0.5) is 5.69 Å². The van der Waals surface area contributed by atoms with Crippen LogP contribution in [-0.2, 0) is 21.2 Å². The summed E-state index contributed by atoms with van der Waals surface area (Å²) in [5.74, 6) is 0.842. The van der Waals surface area contributed by atoms with Crippen LogP contribution in [0, 0.1) is 0 Å². The third kappa shape index (κ3) is 5.53. The number of nitrogens with zero attached hydrogens (tertiary/aromatic N) is 2. The number of ether oxygens (including phenoxy) is 4. The second kappa shape index (κ2) is 10.1. The maximum atomic E-state index is 12.8. The van der Waals surface area contributed by atoms with Gasteiger partial charge in [-0.3, -0.25) is 4.79 Å². The molecular weight excluding hydrogens is 412 g/mol. The largest absolute Gasteiger partial charge is 0.493 e. The lowest BCUT2D eigenvalue weighted by atomic mass is 10.1. The fraction of sp³-hybridized carbons (Fsp3) is 0.400. The van der Waals surface area contributed by atoms with Crippen LogP contribution >= 0.6 is 0 Å². The van der Waals surface area contributed by atoms with Crippen LogP contribution < -0.4 is 23.3 Å². The molecular formula is C20H26N2O7S. The first-order valence-electron chi connectivity index (χ1n) is 9.08. The Morgan fingerprint density at radius 2 is 1.67 bits per heavy atom. The maximum absolute atomic E-state index is 12.8. The van der Waals surface area contributed by atoms with E-state index in [-0.39, 0.29) is 23.9 Å². The fourth-order valence-corrected chi connectivity index (χ4v) is 3.87. The van der Waals surface area contributed by atoms with E-state index >= 15 is 0 Å². The third-order valence-electron chi connectivity index (χ3n) is 4.30. The Bertz CT molecular complexity index is 993. The summed E-state index contributed by atoms with van der Waals surface area (Å²) in [5.41, 5.74) is 0.979. The monoisotopic (exact) mass is 438 g/mol. The zero-order chi connectivity index (χ0) is 22.3. The van der Waals surface area contributed by atoms with Crippen molar-refractivity contribution in [3.8, 4) is 23.3 Å². The summed E-state index contributed by atoms with van der Waals surface area (Å²) >= 11 is 0. The molecule has 0 saturated heterocycles. The molecule has 0 aliphatic carbocycles. The number of benzene rings is 1. The van der Waals surface area contributed by atoms with Crippen molar-refractivity contribution in [3.63, 3.8) is 0 Å². The SMILES string of the molecule is COc1ccc(N(C(=O)CCCc2ccc(OC)c(OC)c2)S(C)(=O)=O)c(OC)n1. The number of hydrogen-bond donors (Lipinski definition) is 0. The van der Waals surface area contributed by atoms with Crippen LogP contribution in [0.5, 0.6) is 23.3 Å². The van der Waals surface area contributed by atoms with Gasteiger partial charge in [0.1, 0.15) is 5.69 Å². The van der Waals surface area contributed by atoms with Crippen molar-refractivity contribution in [2.24, 2.45) is 0 Å². The Morgan fingerprint density at radius 1 is 0.967 bits per heavy atom. The summed E-state index contributed by atoms with van der Waals surface area (Å²) in [6.07, 6.45) is 1.97. The lowest BCUT2D eigenvalue weighted by Crippen LogP contribution is -2.36. The summed E-state index contributed by atoms with van der Waals surface area (Å²) in [6, 6.07) is 8.38. The van der Waals surface area contributed by atoms with Gasteiger partial charge in [-0.1, -0.05) is 6.07 Å². The molecule has 1 heterocycles. The topological polar surface area (TPSA) is 104 Å². The number of rotatable bonds is 10. The highest BCUT2D eigenvalue weighted by atomic mass is 32.2. The van der Waals surface area contributed by atoms with Crippen molar-refractivity contribution >= 4 is 21.6 Å². The van der Waals surface area contributed by atoms with Gasteiger partial charge in [-0.05, 0) is 36.6 Å². The lowest BCUT2D eigenvalue weighted by molar-refractivity contribution is -0.117. The number of carbonyl (C=O) groups excluding carboxylic acids is 1. The number of amides is 1. The van der Waals surface area contributed by atoms with Gasteiger partial charge in [-0.2, -0.15) is 4.98 Å². The first-order valence-corrected chi connectivity index (χ1v) is 10.9. The number of sulfonamides is 1. The number of aryl methyl sites for hydroxylation is 1. The molecule has 0 spiro atoms. The molecule has 0 fully saturated rings. The van der Waals surface area contributed by atoms with Gasteiger partial charge in [-0.15, -0.1) is 0 Å². The maximum Gasteiger partial charge on any atom is 0.242 e. The lowest BCUT2D eigenvalue weighted by Gasteiger charge is -2.22. The molecule has 0 bridgehead atoms. The highest BCUT2D eigenvalue weighted by molar-refractivity contribution is 7.92. The Hall–Kier alpha value is -3.01. The minimum absolute atomic E-state index is 0.0105. The van der Waals surface area contributed by atoms with Crippen LogP contribution in [0.15, 0.2) is 30.3 Å². The summed E-state index contributed by atoms with van der Waals surface area (Å²) in [5, 5.41) is 0. The van der Waals surface area contributed by atoms with Gasteiger partial charge >= 0.3 is 0 Å². The van der Waals surface area contributed by atoms with E-state index in [1.807, 2.05) is 12.1 Å². The number of carbonyl (C=O) groups is 1. The molecule has 1 aromatic carbocycles. The summed E-state index contributed by atoms with van der Waals surface area (Å²) in [7, 11) is 1.97. The average molecular weight is 439 g/mol. The van der Waals surface area contributed by atoms with E-state index in [9.17, 15) is 13.2 Å². The molecule has 0 radical (unpaired) electrons. The highest BCUT2D eigenvalue weighted by Gasteiger charge is 2.28. The predicted molar refractivity (Wildman–Crippen MR) is 112 cm³/mol.